The molecule has 3 N–H and O–H groups in total. The van der Waals surface area contributed by atoms with Crippen LogP contribution in [0.5, 0.6) is 17.2 Å². The first-order valence-corrected chi connectivity index (χ1v) is 8.82. The second kappa shape index (κ2) is 9.48. The Labute approximate surface area is 163 Å². The van der Waals surface area contributed by atoms with Crippen LogP contribution in [0.3, 0.4) is 0 Å². The largest absolute Gasteiger partial charge is 0.493 e. The molecule has 0 radical (unpaired) electrons. The number of nitrogens with two attached hydrogens (primary N) is 1. The number of aliphatic hydroxyl groups is 1. The number of methoxy groups -OCH3 is 3. The zero-order valence-electron chi connectivity index (χ0n) is 15.6. The third-order valence-corrected chi connectivity index (χ3v) is 4.72. The molecule has 0 fully saturated rings. The van der Waals surface area contributed by atoms with Gasteiger partial charge in [-0.3, -0.25) is 4.79 Å². The lowest BCUT2D eigenvalue weighted by molar-refractivity contribution is 0.0998. The molecular weight excluding hydrogens is 370 g/mol. The van der Waals surface area contributed by atoms with Gasteiger partial charge in [-0.15, -0.1) is 0 Å². The molecule has 0 heterocycles. The second-order valence-electron chi connectivity index (χ2n) is 6.00. The fourth-order valence-corrected chi connectivity index (χ4v) is 3.29. The first kappa shape index (κ1) is 20.9. The fourth-order valence-electron chi connectivity index (χ4n) is 3.16. The highest BCUT2D eigenvalue weighted by Crippen LogP contribution is 2.44. The van der Waals surface area contributed by atoms with Crippen molar-refractivity contribution in [3.05, 3.63) is 52.0 Å². The van der Waals surface area contributed by atoms with E-state index in [0.29, 0.717) is 46.2 Å². The van der Waals surface area contributed by atoms with Crippen molar-refractivity contribution in [3.8, 4) is 17.2 Å². The second-order valence-corrected chi connectivity index (χ2v) is 6.44. The molecule has 1 unspecified atom stereocenters. The Morgan fingerprint density at radius 1 is 1.11 bits per heavy atom. The number of benzene rings is 2. The maximum atomic E-state index is 12.1. The first-order valence-electron chi connectivity index (χ1n) is 8.44. The zero-order valence-corrected chi connectivity index (χ0v) is 16.4. The molecule has 0 aliphatic rings. The number of carbonyl (C=O) groups is 1. The monoisotopic (exact) mass is 393 g/mol. The van der Waals surface area contributed by atoms with E-state index in [1.165, 1.54) is 21.3 Å². The summed E-state index contributed by atoms with van der Waals surface area (Å²) in [5.41, 5.74) is 7.49. The van der Waals surface area contributed by atoms with Crippen LogP contribution in [0.25, 0.3) is 0 Å². The van der Waals surface area contributed by atoms with Crippen molar-refractivity contribution in [1.29, 1.82) is 0 Å². The van der Waals surface area contributed by atoms with Crippen molar-refractivity contribution in [2.75, 3.05) is 27.9 Å². The lowest BCUT2D eigenvalue weighted by Crippen LogP contribution is -2.17. The number of hydrogen-bond donors (Lipinski definition) is 2. The third kappa shape index (κ3) is 4.64. The topological polar surface area (TPSA) is 91.0 Å². The summed E-state index contributed by atoms with van der Waals surface area (Å²) in [6.45, 7) is -0.00516. The van der Waals surface area contributed by atoms with Gasteiger partial charge < -0.3 is 25.1 Å². The van der Waals surface area contributed by atoms with E-state index in [9.17, 15) is 9.90 Å². The number of ether oxygens (including phenoxy) is 3. The van der Waals surface area contributed by atoms with Crippen LogP contribution in [-0.2, 0) is 6.42 Å². The predicted molar refractivity (Wildman–Crippen MR) is 104 cm³/mol. The summed E-state index contributed by atoms with van der Waals surface area (Å²) >= 11 is 5.98. The number of aliphatic hydroxyl groups excluding tert-OH is 1. The molecule has 0 aliphatic heterocycles. The van der Waals surface area contributed by atoms with E-state index in [2.05, 4.69) is 0 Å². The summed E-state index contributed by atoms with van der Waals surface area (Å²) in [4.78, 5) is 12.1. The van der Waals surface area contributed by atoms with E-state index < -0.39 is 5.91 Å². The summed E-state index contributed by atoms with van der Waals surface area (Å²) in [6.07, 6.45) is 0.918. The summed E-state index contributed by atoms with van der Waals surface area (Å²) in [5, 5.41) is 10.2. The minimum Gasteiger partial charge on any atom is -0.493 e. The van der Waals surface area contributed by atoms with Gasteiger partial charge in [0.15, 0.2) is 11.5 Å². The number of carbonyl (C=O) groups excluding carboxylic acids is 1. The van der Waals surface area contributed by atoms with Crippen molar-refractivity contribution in [3.63, 3.8) is 0 Å². The van der Waals surface area contributed by atoms with Crippen LogP contribution >= 0.6 is 11.6 Å². The van der Waals surface area contributed by atoms with E-state index >= 15 is 0 Å². The van der Waals surface area contributed by atoms with E-state index in [4.69, 9.17) is 31.5 Å². The molecule has 7 heteroatoms. The van der Waals surface area contributed by atoms with Crippen LogP contribution in [0.15, 0.2) is 30.3 Å². The number of rotatable bonds is 9. The SMILES string of the molecule is COc1cc(C(N)=O)c(CC(CCO)c2ccc(Cl)cc2)c(OC)c1OC. The lowest BCUT2D eigenvalue weighted by Gasteiger charge is -2.22. The van der Waals surface area contributed by atoms with Crippen molar-refractivity contribution < 1.29 is 24.1 Å². The molecule has 0 aromatic heterocycles. The molecule has 1 atom stereocenters. The van der Waals surface area contributed by atoms with Crippen molar-refractivity contribution >= 4 is 17.5 Å². The molecule has 146 valence electrons. The highest BCUT2D eigenvalue weighted by Gasteiger charge is 2.25. The van der Waals surface area contributed by atoms with Gasteiger partial charge in [0.1, 0.15) is 0 Å². The summed E-state index contributed by atoms with van der Waals surface area (Å²) in [6, 6.07) is 8.95. The van der Waals surface area contributed by atoms with Crippen LogP contribution in [0.2, 0.25) is 5.02 Å². The van der Waals surface area contributed by atoms with Gasteiger partial charge in [0, 0.05) is 22.8 Å². The normalized spacial score (nSPS) is 11.7. The predicted octanol–water partition coefficient (Wildman–Crippen LogP) is 3.17. The summed E-state index contributed by atoms with van der Waals surface area (Å²) < 4.78 is 16.3. The van der Waals surface area contributed by atoms with Gasteiger partial charge in [-0.1, -0.05) is 23.7 Å². The molecule has 0 spiro atoms. The number of primary amides is 1. The molecule has 2 rings (SSSR count). The van der Waals surface area contributed by atoms with Crippen LogP contribution < -0.4 is 19.9 Å². The molecule has 6 nitrogen and oxygen atoms in total. The maximum Gasteiger partial charge on any atom is 0.249 e. The molecule has 0 saturated carbocycles. The third-order valence-electron chi connectivity index (χ3n) is 4.47. The Morgan fingerprint density at radius 3 is 2.22 bits per heavy atom. The Kier molecular flexibility index (Phi) is 7.33. The molecule has 27 heavy (non-hydrogen) atoms. The van der Waals surface area contributed by atoms with Crippen molar-refractivity contribution in [2.24, 2.45) is 5.73 Å². The molecule has 0 aliphatic carbocycles. The van der Waals surface area contributed by atoms with Gasteiger partial charge in [0.2, 0.25) is 11.7 Å². The summed E-state index contributed by atoms with van der Waals surface area (Å²) in [5.74, 6) is 0.471. The maximum absolute atomic E-state index is 12.1. The average Bonchev–Trinajstić information content (AvgIpc) is 2.67. The first-order chi connectivity index (χ1) is 13.0. The van der Waals surface area contributed by atoms with Crippen LogP contribution in [0.4, 0.5) is 0 Å². The van der Waals surface area contributed by atoms with Crippen LogP contribution in [0.1, 0.15) is 33.8 Å². The molecule has 0 saturated heterocycles. The Morgan fingerprint density at radius 2 is 1.74 bits per heavy atom. The molecule has 1 amide bonds. The Hall–Kier alpha value is -2.44. The number of halogens is 1. The average molecular weight is 394 g/mol. The minimum absolute atomic E-state index is 0.00516. The van der Waals surface area contributed by atoms with Crippen molar-refractivity contribution in [2.45, 2.75) is 18.8 Å². The standard InChI is InChI=1S/C20H24ClNO5/c1-25-17-11-16(20(22)24)15(18(26-2)19(17)27-3)10-13(8-9-23)12-4-6-14(21)7-5-12/h4-7,11,13,23H,8-10H2,1-3H3,(H2,22,24). The fraction of sp³-hybridized carbons (Fsp3) is 0.350. The van der Waals surface area contributed by atoms with Crippen LogP contribution in [0, 0.1) is 0 Å². The molecular formula is C20H24ClNO5. The molecule has 2 aromatic carbocycles. The molecule has 0 bridgehead atoms. The van der Waals surface area contributed by atoms with Gasteiger partial charge in [0.05, 0.1) is 21.3 Å². The van der Waals surface area contributed by atoms with Gasteiger partial charge >= 0.3 is 0 Å². The Bertz CT molecular complexity index is 792. The lowest BCUT2D eigenvalue weighted by atomic mass is 9.87. The quantitative estimate of drug-likeness (QED) is 0.682. The van der Waals surface area contributed by atoms with Gasteiger partial charge in [-0.05, 0) is 42.5 Å². The Balaban J connectivity index is 2.59. The summed E-state index contributed by atoms with van der Waals surface area (Å²) in [7, 11) is 4.47. The van der Waals surface area contributed by atoms with E-state index in [1.807, 2.05) is 12.1 Å². The molecule has 2 aromatic rings. The number of hydrogen-bond acceptors (Lipinski definition) is 5. The van der Waals surface area contributed by atoms with E-state index in [0.717, 1.165) is 5.56 Å². The minimum atomic E-state index is -0.594. The van der Waals surface area contributed by atoms with E-state index in [1.54, 1.807) is 18.2 Å². The highest BCUT2D eigenvalue weighted by atomic mass is 35.5. The van der Waals surface area contributed by atoms with E-state index in [-0.39, 0.29) is 12.5 Å². The van der Waals surface area contributed by atoms with Gasteiger partial charge in [-0.25, -0.2) is 0 Å². The smallest absolute Gasteiger partial charge is 0.249 e. The van der Waals surface area contributed by atoms with Gasteiger partial charge in [-0.2, -0.15) is 0 Å². The number of amides is 1. The van der Waals surface area contributed by atoms with Gasteiger partial charge in [0.25, 0.3) is 0 Å². The van der Waals surface area contributed by atoms with Crippen LogP contribution in [-0.4, -0.2) is 38.9 Å². The highest BCUT2D eigenvalue weighted by molar-refractivity contribution is 6.30. The zero-order chi connectivity index (χ0) is 20.0. The van der Waals surface area contributed by atoms with Crippen molar-refractivity contribution in [1.82, 2.24) is 0 Å².